The standard InChI is InChI=1S/C23H28ClN3O2/c1-17(2)29-16-22(28)15-26(3)13-19-14-27(21-7-5-4-6-8-21)25-23(19)18-9-11-20(24)12-10-18/h4-12,14,17,22,28H,13,15-16H2,1-3H3. The van der Waals surface area contributed by atoms with Crippen LogP contribution in [0.4, 0.5) is 0 Å². The topological polar surface area (TPSA) is 50.5 Å². The molecule has 0 fully saturated rings. The molecule has 2 aromatic carbocycles. The van der Waals surface area contributed by atoms with Gasteiger partial charge in [0.2, 0.25) is 0 Å². The van der Waals surface area contributed by atoms with E-state index in [1.807, 2.05) is 86.4 Å². The Kier molecular flexibility index (Phi) is 7.45. The van der Waals surface area contributed by atoms with Crippen molar-refractivity contribution in [2.45, 2.75) is 32.6 Å². The maximum Gasteiger partial charge on any atom is 0.0972 e. The molecule has 1 heterocycles. The summed E-state index contributed by atoms with van der Waals surface area (Å²) in [6.45, 7) is 5.43. The van der Waals surface area contributed by atoms with Gasteiger partial charge in [0.15, 0.2) is 0 Å². The molecular weight excluding hydrogens is 386 g/mol. The van der Waals surface area contributed by atoms with Crippen molar-refractivity contribution in [3.63, 3.8) is 0 Å². The largest absolute Gasteiger partial charge is 0.389 e. The lowest BCUT2D eigenvalue weighted by atomic mass is 10.1. The Labute approximate surface area is 177 Å². The third kappa shape index (κ3) is 6.15. The highest BCUT2D eigenvalue weighted by Gasteiger charge is 2.16. The second kappa shape index (κ2) is 10.0. The molecule has 0 aliphatic heterocycles. The molecule has 0 saturated carbocycles. The summed E-state index contributed by atoms with van der Waals surface area (Å²) < 4.78 is 7.41. The van der Waals surface area contributed by atoms with Gasteiger partial charge in [0.05, 0.1) is 30.2 Å². The summed E-state index contributed by atoms with van der Waals surface area (Å²) in [5.74, 6) is 0. The average Bonchev–Trinajstić information content (AvgIpc) is 3.11. The van der Waals surface area contributed by atoms with E-state index >= 15 is 0 Å². The smallest absolute Gasteiger partial charge is 0.0972 e. The Morgan fingerprint density at radius 1 is 1.10 bits per heavy atom. The molecule has 0 radical (unpaired) electrons. The van der Waals surface area contributed by atoms with Crippen LogP contribution in [-0.4, -0.2) is 52.2 Å². The number of aliphatic hydroxyl groups is 1. The number of halogens is 1. The Balaban J connectivity index is 1.82. The van der Waals surface area contributed by atoms with Crippen LogP contribution >= 0.6 is 11.6 Å². The number of para-hydroxylation sites is 1. The Morgan fingerprint density at radius 3 is 2.45 bits per heavy atom. The zero-order valence-corrected chi connectivity index (χ0v) is 17.9. The Bertz CT molecular complexity index is 894. The van der Waals surface area contributed by atoms with Crippen LogP contribution in [0.15, 0.2) is 60.8 Å². The van der Waals surface area contributed by atoms with Gasteiger partial charge in [0, 0.05) is 35.4 Å². The van der Waals surface area contributed by atoms with E-state index in [0.717, 1.165) is 22.5 Å². The number of aromatic nitrogens is 2. The minimum Gasteiger partial charge on any atom is -0.389 e. The number of hydrogen-bond acceptors (Lipinski definition) is 4. The molecule has 1 unspecified atom stereocenters. The summed E-state index contributed by atoms with van der Waals surface area (Å²) in [4.78, 5) is 2.08. The highest BCUT2D eigenvalue weighted by atomic mass is 35.5. The average molecular weight is 414 g/mol. The predicted octanol–water partition coefficient (Wildman–Crippen LogP) is 4.41. The van der Waals surface area contributed by atoms with Crippen LogP contribution in [-0.2, 0) is 11.3 Å². The van der Waals surface area contributed by atoms with E-state index in [1.165, 1.54) is 0 Å². The van der Waals surface area contributed by atoms with E-state index in [0.29, 0.717) is 24.7 Å². The monoisotopic (exact) mass is 413 g/mol. The van der Waals surface area contributed by atoms with E-state index < -0.39 is 6.10 Å². The first-order chi connectivity index (χ1) is 13.9. The summed E-state index contributed by atoms with van der Waals surface area (Å²) in [6, 6.07) is 17.7. The summed E-state index contributed by atoms with van der Waals surface area (Å²) in [5.41, 5.74) is 4.00. The molecule has 0 amide bonds. The number of aliphatic hydroxyl groups excluding tert-OH is 1. The van der Waals surface area contributed by atoms with Gasteiger partial charge in [-0.3, -0.25) is 4.90 Å². The van der Waals surface area contributed by atoms with Crippen LogP contribution in [0.3, 0.4) is 0 Å². The number of ether oxygens (including phenoxy) is 1. The summed E-state index contributed by atoms with van der Waals surface area (Å²) in [7, 11) is 1.99. The molecule has 154 valence electrons. The first-order valence-corrected chi connectivity index (χ1v) is 10.2. The lowest BCUT2D eigenvalue weighted by Gasteiger charge is -2.21. The second-order valence-corrected chi connectivity index (χ2v) is 7.96. The van der Waals surface area contributed by atoms with Crippen LogP contribution in [0.2, 0.25) is 5.02 Å². The number of benzene rings is 2. The molecule has 3 aromatic rings. The fraction of sp³-hybridized carbons (Fsp3) is 0.348. The molecule has 1 N–H and O–H groups in total. The van der Waals surface area contributed by atoms with Crippen molar-refractivity contribution in [1.29, 1.82) is 0 Å². The Hall–Kier alpha value is -2.18. The minimum atomic E-state index is -0.537. The zero-order valence-electron chi connectivity index (χ0n) is 17.1. The van der Waals surface area contributed by atoms with Crippen molar-refractivity contribution >= 4 is 11.6 Å². The van der Waals surface area contributed by atoms with Gasteiger partial charge < -0.3 is 9.84 Å². The normalized spacial score (nSPS) is 12.7. The van der Waals surface area contributed by atoms with Crippen molar-refractivity contribution in [3.05, 3.63) is 71.4 Å². The van der Waals surface area contributed by atoms with Crippen LogP contribution in [0.1, 0.15) is 19.4 Å². The van der Waals surface area contributed by atoms with Gasteiger partial charge in [0.25, 0.3) is 0 Å². The zero-order chi connectivity index (χ0) is 20.8. The van der Waals surface area contributed by atoms with Gasteiger partial charge in [-0.25, -0.2) is 4.68 Å². The van der Waals surface area contributed by atoms with Crippen molar-refractivity contribution in [2.75, 3.05) is 20.2 Å². The summed E-state index contributed by atoms with van der Waals surface area (Å²) in [5, 5.41) is 15.8. The summed E-state index contributed by atoms with van der Waals surface area (Å²) >= 11 is 6.06. The second-order valence-electron chi connectivity index (χ2n) is 7.52. The van der Waals surface area contributed by atoms with Gasteiger partial charge in [0.1, 0.15) is 0 Å². The molecule has 1 atom stereocenters. The fourth-order valence-corrected chi connectivity index (χ4v) is 3.29. The van der Waals surface area contributed by atoms with E-state index in [9.17, 15) is 5.11 Å². The van der Waals surface area contributed by atoms with E-state index in [-0.39, 0.29) is 6.10 Å². The van der Waals surface area contributed by atoms with Crippen LogP contribution in [0, 0.1) is 0 Å². The first-order valence-electron chi connectivity index (χ1n) is 9.80. The third-order valence-electron chi connectivity index (χ3n) is 4.51. The predicted molar refractivity (Wildman–Crippen MR) is 117 cm³/mol. The van der Waals surface area contributed by atoms with Crippen molar-refractivity contribution in [1.82, 2.24) is 14.7 Å². The molecule has 29 heavy (non-hydrogen) atoms. The van der Waals surface area contributed by atoms with Crippen molar-refractivity contribution in [3.8, 4) is 16.9 Å². The van der Waals surface area contributed by atoms with Gasteiger partial charge >= 0.3 is 0 Å². The fourth-order valence-electron chi connectivity index (χ4n) is 3.16. The molecule has 1 aromatic heterocycles. The van der Waals surface area contributed by atoms with E-state index in [1.54, 1.807) is 0 Å². The molecule has 0 bridgehead atoms. The molecule has 0 saturated heterocycles. The first kappa shape index (κ1) is 21.5. The highest BCUT2D eigenvalue weighted by molar-refractivity contribution is 6.30. The molecule has 6 heteroatoms. The lowest BCUT2D eigenvalue weighted by molar-refractivity contribution is -0.00633. The summed E-state index contributed by atoms with van der Waals surface area (Å²) in [6.07, 6.45) is 1.62. The molecule has 3 rings (SSSR count). The SMILES string of the molecule is CC(C)OCC(O)CN(C)Cc1cn(-c2ccccc2)nc1-c1ccc(Cl)cc1. The lowest BCUT2D eigenvalue weighted by Crippen LogP contribution is -2.32. The van der Waals surface area contributed by atoms with Crippen LogP contribution in [0.5, 0.6) is 0 Å². The maximum absolute atomic E-state index is 10.2. The van der Waals surface area contributed by atoms with Gasteiger partial charge in [-0.2, -0.15) is 5.10 Å². The van der Waals surface area contributed by atoms with Crippen LogP contribution in [0.25, 0.3) is 16.9 Å². The van der Waals surface area contributed by atoms with Gasteiger partial charge in [-0.15, -0.1) is 0 Å². The number of nitrogens with zero attached hydrogens (tertiary/aromatic N) is 3. The number of rotatable bonds is 9. The molecule has 0 spiro atoms. The minimum absolute atomic E-state index is 0.107. The molecule has 0 aliphatic carbocycles. The molecule has 5 nitrogen and oxygen atoms in total. The molecular formula is C23H28ClN3O2. The number of hydrogen-bond donors (Lipinski definition) is 1. The maximum atomic E-state index is 10.2. The molecule has 0 aliphatic rings. The van der Waals surface area contributed by atoms with Crippen molar-refractivity contribution in [2.24, 2.45) is 0 Å². The van der Waals surface area contributed by atoms with Crippen LogP contribution < -0.4 is 0 Å². The Morgan fingerprint density at radius 2 is 1.79 bits per heavy atom. The van der Waals surface area contributed by atoms with Crippen molar-refractivity contribution < 1.29 is 9.84 Å². The third-order valence-corrected chi connectivity index (χ3v) is 4.77. The van der Waals surface area contributed by atoms with Gasteiger partial charge in [-0.05, 0) is 45.2 Å². The highest BCUT2D eigenvalue weighted by Crippen LogP contribution is 2.26. The quantitative estimate of drug-likeness (QED) is 0.564. The van der Waals surface area contributed by atoms with E-state index in [4.69, 9.17) is 21.4 Å². The van der Waals surface area contributed by atoms with E-state index in [2.05, 4.69) is 4.90 Å². The van der Waals surface area contributed by atoms with Gasteiger partial charge in [-0.1, -0.05) is 41.9 Å². The number of likely N-dealkylation sites (N-methyl/N-ethyl adjacent to an activating group) is 1.